The van der Waals surface area contributed by atoms with Crippen LogP contribution in [0.4, 0.5) is 0 Å². The van der Waals surface area contributed by atoms with Crippen LogP contribution in [0.15, 0.2) is 145 Å². The van der Waals surface area contributed by atoms with Crippen LogP contribution in [0.2, 0.25) is 0 Å². The van der Waals surface area contributed by atoms with Gasteiger partial charge in [0.25, 0.3) is 0 Å². The summed E-state index contributed by atoms with van der Waals surface area (Å²) in [5.41, 5.74) is 15.9. The van der Waals surface area contributed by atoms with Crippen molar-refractivity contribution in [2.75, 3.05) is 0 Å². The van der Waals surface area contributed by atoms with Crippen molar-refractivity contribution in [3.05, 3.63) is 157 Å². The minimum absolute atomic E-state index is 0.184. The van der Waals surface area contributed by atoms with Crippen molar-refractivity contribution in [1.29, 1.82) is 0 Å². The third kappa shape index (κ3) is 5.16. The normalized spacial score (nSPS) is 16.0. The van der Waals surface area contributed by atoms with Gasteiger partial charge in [0.2, 0.25) is 11.4 Å². The lowest BCUT2D eigenvalue weighted by atomic mass is 9.85. The van der Waals surface area contributed by atoms with Crippen molar-refractivity contribution in [2.45, 2.75) is 83.6 Å². The predicted molar refractivity (Wildman–Crippen MR) is 248 cm³/mol. The molecule has 4 nitrogen and oxygen atoms in total. The lowest BCUT2D eigenvalue weighted by molar-refractivity contribution is -0.758. The summed E-state index contributed by atoms with van der Waals surface area (Å²) in [6, 6.07) is 45.7. The molecule has 10 aromatic rings. The Morgan fingerprint density at radius 2 is 1.43 bits per heavy atom. The number of para-hydroxylation sites is 1. The molecule has 5 aromatic heterocycles. The standard InChI is InChI=1S/C56H51N3O/c1-4-56(5-2)35-36(3)57-29-14-12-23-47(57)41-21-9-8-19-38(41)27-28-39-32-50-44(33-43(39)48-24-13-15-30-58(48)56)45-34-46-52-40(31-37-17-6-7-18-37)20-16-26-51(52)60-55(46)53-42-22-10-11-25-49(42)59(50)54(45)53/h8-16,19-26,29-30,32-34,37H,3-7,17-18,27-28,31,35H2,1-2H3/q+2. The van der Waals surface area contributed by atoms with Gasteiger partial charge in [0, 0.05) is 69.6 Å². The van der Waals surface area contributed by atoms with Gasteiger partial charge in [0.05, 0.1) is 33.9 Å². The van der Waals surface area contributed by atoms with Gasteiger partial charge in [-0.2, -0.15) is 9.13 Å². The summed E-state index contributed by atoms with van der Waals surface area (Å²) in [5.74, 6) is 0.750. The van der Waals surface area contributed by atoms with E-state index >= 15 is 0 Å². The van der Waals surface area contributed by atoms with E-state index in [1.54, 1.807) is 0 Å². The molecule has 4 heteroatoms. The summed E-state index contributed by atoms with van der Waals surface area (Å²) < 4.78 is 14.5. The molecule has 0 spiro atoms. The van der Waals surface area contributed by atoms with Gasteiger partial charge in [-0.05, 0) is 97.0 Å². The minimum Gasteiger partial charge on any atom is -0.455 e. The second kappa shape index (κ2) is 13.6. The molecule has 0 atom stereocenters. The fraction of sp³-hybridized carbons (Fsp3) is 0.250. The molecule has 60 heavy (non-hydrogen) atoms. The molecular formula is C56H51N3O+2. The maximum Gasteiger partial charge on any atom is 0.218 e. The molecule has 6 heterocycles. The molecule has 12 rings (SSSR count). The van der Waals surface area contributed by atoms with Gasteiger partial charge in [-0.25, -0.2) is 0 Å². The molecule has 1 aliphatic carbocycles. The highest BCUT2D eigenvalue weighted by Gasteiger charge is 2.42. The van der Waals surface area contributed by atoms with E-state index in [0.29, 0.717) is 0 Å². The highest BCUT2D eigenvalue weighted by atomic mass is 16.3. The van der Waals surface area contributed by atoms with Crippen LogP contribution >= 0.6 is 0 Å². The van der Waals surface area contributed by atoms with Crippen LogP contribution in [0.1, 0.15) is 75.5 Å². The fourth-order valence-electron chi connectivity index (χ4n) is 11.8. The summed E-state index contributed by atoms with van der Waals surface area (Å²) in [5, 5.41) is 7.65. The number of benzene rings is 5. The van der Waals surface area contributed by atoms with E-state index < -0.39 is 0 Å². The predicted octanol–water partition coefficient (Wildman–Crippen LogP) is 13.6. The number of aromatic nitrogens is 3. The summed E-state index contributed by atoms with van der Waals surface area (Å²) in [7, 11) is 0. The highest BCUT2D eigenvalue weighted by molar-refractivity contribution is 6.33. The molecule has 1 aliphatic heterocycles. The number of nitrogens with zero attached hydrogens (tertiary/aromatic N) is 3. The van der Waals surface area contributed by atoms with Crippen LogP contribution in [-0.4, -0.2) is 4.40 Å². The number of hydrogen-bond donors (Lipinski definition) is 0. The highest BCUT2D eigenvalue weighted by Crippen LogP contribution is 2.48. The van der Waals surface area contributed by atoms with Crippen molar-refractivity contribution in [1.82, 2.24) is 4.40 Å². The Hall–Kier alpha value is -6.26. The summed E-state index contributed by atoms with van der Waals surface area (Å²) in [6.45, 7) is 9.53. The van der Waals surface area contributed by atoms with Crippen LogP contribution in [0.25, 0.3) is 88.2 Å². The second-order valence-electron chi connectivity index (χ2n) is 17.9. The topological polar surface area (TPSA) is 25.3 Å². The molecule has 0 unspecified atom stereocenters. The lowest BCUT2D eigenvalue weighted by Gasteiger charge is -2.28. The summed E-state index contributed by atoms with van der Waals surface area (Å²) in [6.07, 6.45) is 15.6. The molecule has 1 fully saturated rings. The van der Waals surface area contributed by atoms with Crippen LogP contribution in [0.3, 0.4) is 0 Å². The zero-order chi connectivity index (χ0) is 40.1. The third-order valence-corrected chi connectivity index (χ3v) is 14.9. The quantitative estimate of drug-likeness (QED) is 0.163. The molecule has 0 N–H and O–H groups in total. The Morgan fingerprint density at radius 1 is 0.667 bits per heavy atom. The van der Waals surface area contributed by atoms with Crippen molar-refractivity contribution < 1.29 is 13.6 Å². The number of allylic oxidation sites excluding steroid dienone is 1. The number of furan rings is 1. The molecule has 294 valence electrons. The molecular weight excluding hydrogens is 731 g/mol. The van der Waals surface area contributed by atoms with E-state index in [1.165, 1.54) is 114 Å². The molecule has 1 saturated carbocycles. The van der Waals surface area contributed by atoms with Gasteiger partial charge in [-0.1, -0.05) is 88.1 Å². The number of pyridine rings is 2. The van der Waals surface area contributed by atoms with Crippen molar-refractivity contribution in [3.8, 4) is 22.5 Å². The first-order valence-electron chi connectivity index (χ1n) is 22.4. The van der Waals surface area contributed by atoms with Gasteiger partial charge in [-0.15, -0.1) is 0 Å². The smallest absolute Gasteiger partial charge is 0.218 e. The molecule has 2 aliphatic rings. The van der Waals surface area contributed by atoms with Gasteiger partial charge >= 0.3 is 0 Å². The van der Waals surface area contributed by atoms with E-state index in [9.17, 15) is 0 Å². The van der Waals surface area contributed by atoms with Gasteiger partial charge in [0.15, 0.2) is 23.6 Å². The fourth-order valence-corrected chi connectivity index (χ4v) is 11.8. The molecule has 0 bridgehead atoms. The van der Waals surface area contributed by atoms with Crippen LogP contribution in [0.5, 0.6) is 0 Å². The van der Waals surface area contributed by atoms with Crippen molar-refractivity contribution in [2.24, 2.45) is 5.92 Å². The van der Waals surface area contributed by atoms with E-state index in [1.807, 2.05) is 0 Å². The van der Waals surface area contributed by atoms with E-state index in [0.717, 1.165) is 61.3 Å². The van der Waals surface area contributed by atoms with E-state index in [2.05, 4.69) is 161 Å². The van der Waals surface area contributed by atoms with Crippen molar-refractivity contribution in [3.63, 3.8) is 0 Å². The number of hydrogen-bond acceptors (Lipinski definition) is 1. The zero-order valence-electron chi connectivity index (χ0n) is 34.8. The van der Waals surface area contributed by atoms with Crippen LogP contribution in [-0.2, 0) is 24.8 Å². The Labute approximate surface area is 351 Å². The molecule has 0 saturated heterocycles. The first kappa shape index (κ1) is 35.7. The average molecular weight is 782 g/mol. The third-order valence-electron chi connectivity index (χ3n) is 14.9. The monoisotopic (exact) mass is 781 g/mol. The van der Waals surface area contributed by atoms with Crippen LogP contribution < -0.4 is 9.13 Å². The summed E-state index contributed by atoms with van der Waals surface area (Å²) >= 11 is 0. The van der Waals surface area contributed by atoms with Crippen LogP contribution in [0, 0.1) is 5.92 Å². The van der Waals surface area contributed by atoms with E-state index in [-0.39, 0.29) is 5.54 Å². The largest absolute Gasteiger partial charge is 0.455 e. The maximum absolute atomic E-state index is 7.00. The van der Waals surface area contributed by atoms with Crippen molar-refractivity contribution >= 4 is 65.7 Å². The minimum atomic E-state index is -0.184. The van der Waals surface area contributed by atoms with Gasteiger partial charge in [0.1, 0.15) is 11.2 Å². The maximum atomic E-state index is 7.00. The van der Waals surface area contributed by atoms with E-state index in [4.69, 9.17) is 11.0 Å². The molecule has 0 radical (unpaired) electrons. The first-order valence-corrected chi connectivity index (χ1v) is 22.4. The second-order valence-corrected chi connectivity index (χ2v) is 17.9. The van der Waals surface area contributed by atoms with Gasteiger partial charge in [-0.3, -0.25) is 0 Å². The SMILES string of the molecule is C=C1CC(CC)(CC)[n+]2ccccc2-c2cc3c4cc5c(oc6cccc(CC7CCCC7)c65)c5c6ccccc6n(c3cc2CCc2ccccc2-c2cccc[n+]21)c45. The lowest BCUT2D eigenvalue weighted by Crippen LogP contribution is -2.58. The Morgan fingerprint density at radius 3 is 2.30 bits per heavy atom. The molecule has 0 amide bonds. The summed E-state index contributed by atoms with van der Waals surface area (Å²) in [4.78, 5) is 0. The number of aryl methyl sites for hydroxylation is 2. The Bertz CT molecular complexity index is 3330. The average Bonchev–Trinajstić information content (AvgIpc) is 4.09. The Kier molecular flexibility index (Phi) is 8.11. The molecule has 5 aromatic carbocycles. The Balaban J connectivity index is 1.18. The first-order chi connectivity index (χ1) is 29.5. The van der Waals surface area contributed by atoms with Gasteiger partial charge < -0.3 is 8.82 Å². The zero-order valence-corrected chi connectivity index (χ0v) is 34.8. The number of fused-ring (bicyclic) bond motifs is 16. The number of rotatable bonds is 4.